The van der Waals surface area contributed by atoms with Crippen molar-refractivity contribution < 1.29 is 34.8 Å². The van der Waals surface area contributed by atoms with Crippen LogP contribution in [0.1, 0.15) is 55.7 Å². The van der Waals surface area contributed by atoms with E-state index >= 15 is 0 Å². The lowest BCUT2D eigenvalue weighted by Crippen LogP contribution is -2.65. The van der Waals surface area contributed by atoms with E-state index in [0.717, 1.165) is 38.2 Å². The van der Waals surface area contributed by atoms with Crippen molar-refractivity contribution in [1.82, 2.24) is 4.90 Å². The van der Waals surface area contributed by atoms with Crippen LogP contribution in [0.25, 0.3) is 5.76 Å². The van der Waals surface area contributed by atoms with Crippen LogP contribution in [-0.4, -0.2) is 82.5 Å². The zero-order chi connectivity index (χ0) is 30.0. The number of phenols is 1. The molecule has 0 aliphatic heterocycles. The number of carbonyl (C=O) groups is 3. The normalized spacial score (nSPS) is 27.5. The molecule has 5 rings (SSSR count). The first kappa shape index (κ1) is 28.7. The standard InChI is InChI=1S/C32H36N2O7/c1-16(35)23-29(38)26(34(4)5)21-14-19-13-20-22(33(2)3)15-18(12-11-17-9-7-6-8-10-17)27(36)25(20)28(37)24(19)31(40)32(21,41)30(23)39/h9,15,19,21,26,36-37,39,41H,6-8,10,13-14H2,1-5H3/t19?,21?,26-,32+/m0/s1. The monoisotopic (exact) mass is 560 g/mol. The molecular formula is C32H36N2O7. The van der Waals surface area contributed by atoms with E-state index in [1.165, 1.54) is 4.90 Å². The van der Waals surface area contributed by atoms with Crippen molar-refractivity contribution >= 4 is 28.8 Å². The maximum Gasteiger partial charge on any atom is 0.202 e. The smallest absolute Gasteiger partial charge is 0.202 e. The van der Waals surface area contributed by atoms with Crippen molar-refractivity contribution in [3.8, 4) is 17.6 Å². The first-order valence-corrected chi connectivity index (χ1v) is 13.9. The number of likely N-dealkylation sites (N-methyl/N-ethyl adjacent to an activating group) is 1. The minimum absolute atomic E-state index is 0.0612. The molecule has 9 heteroatoms. The molecule has 1 saturated carbocycles. The van der Waals surface area contributed by atoms with Gasteiger partial charge in [0.15, 0.2) is 17.2 Å². The van der Waals surface area contributed by atoms with E-state index in [4.69, 9.17) is 0 Å². The van der Waals surface area contributed by atoms with Crippen LogP contribution in [-0.2, 0) is 20.8 Å². The lowest BCUT2D eigenvalue weighted by atomic mass is 9.57. The topological polar surface area (TPSA) is 139 Å². The first-order valence-electron chi connectivity index (χ1n) is 13.9. The Morgan fingerprint density at radius 3 is 2.37 bits per heavy atom. The van der Waals surface area contributed by atoms with Gasteiger partial charge in [0.25, 0.3) is 0 Å². The van der Waals surface area contributed by atoms with Crippen molar-refractivity contribution in [2.75, 3.05) is 33.1 Å². The molecule has 41 heavy (non-hydrogen) atoms. The van der Waals surface area contributed by atoms with Crippen LogP contribution >= 0.6 is 0 Å². The number of allylic oxidation sites excluding steroid dienone is 2. The molecule has 4 N–H and O–H groups in total. The van der Waals surface area contributed by atoms with E-state index in [0.29, 0.717) is 16.8 Å². The third kappa shape index (κ3) is 4.28. The highest BCUT2D eigenvalue weighted by molar-refractivity contribution is 6.25. The fourth-order valence-electron chi connectivity index (χ4n) is 6.99. The van der Waals surface area contributed by atoms with Crippen molar-refractivity contribution in [2.24, 2.45) is 11.8 Å². The number of Topliss-reactive ketones (excluding diaryl/α,β-unsaturated/α-hetero) is 3. The SMILES string of the molecule is CC(=O)C1=C(O)[C@@]2(O)C(=O)C3=C(O)c4c(O)c(C#CC5=CCCCC5)cc(N(C)C)c4CC3CC2[C@H](N(C)C)C1=O. The first-order chi connectivity index (χ1) is 19.3. The number of rotatable bonds is 3. The van der Waals surface area contributed by atoms with Crippen LogP contribution < -0.4 is 4.90 Å². The molecule has 0 aromatic heterocycles. The Morgan fingerprint density at radius 1 is 1.07 bits per heavy atom. The highest BCUT2D eigenvalue weighted by atomic mass is 16.3. The van der Waals surface area contributed by atoms with E-state index in [2.05, 4.69) is 17.9 Å². The molecule has 4 aliphatic carbocycles. The number of hydrogen-bond acceptors (Lipinski definition) is 9. The summed E-state index contributed by atoms with van der Waals surface area (Å²) in [4.78, 5) is 43.2. The summed E-state index contributed by atoms with van der Waals surface area (Å²) >= 11 is 0. The van der Waals surface area contributed by atoms with Gasteiger partial charge in [0.2, 0.25) is 5.78 Å². The number of benzene rings is 1. The van der Waals surface area contributed by atoms with Gasteiger partial charge in [-0.3, -0.25) is 19.3 Å². The number of aliphatic hydroxyl groups excluding tert-OH is 2. The van der Waals surface area contributed by atoms with E-state index in [1.54, 1.807) is 20.2 Å². The van der Waals surface area contributed by atoms with E-state index in [1.807, 2.05) is 19.0 Å². The fourth-order valence-corrected chi connectivity index (χ4v) is 6.99. The highest BCUT2D eigenvalue weighted by Crippen LogP contribution is 2.54. The van der Waals surface area contributed by atoms with Gasteiger partial charge in [0.05, 0.1) is 17.2 Å². The second-order valence-electron chi connectivity index (χ2n) is 11.9. The zero-order valence-corrected chi connectivity index (χ0v) is 24.0. The maximum atomic E-state index is 14.1. The van der Waals surface area contributed by atoms with Crippen LogP contribution in [0.3, 0.4) is 0 Å². The molecule has 1 fully saturated rings. The van der Waals surface area contributed by atoms with Crippen LogP contribution in [0.2, 0.25) is 0 Å². The third-order valence-electron chi connectivity index (χ3n) is 8.93. The molecule has 0 bridgehead atoms. The molecule has 1 aromatic carbocycles. The Balaban J connectivity index is 1.71. The quantitative estimate of drug-likeness (QED) is 0.325. The summed E-state index contributed by atoms with van der Waals surface area (Å²) in [5.74, 6) is 0.365. The average molecular weight is 561 g/mol. The van der Waals surface area contributed by atoms with Gasteiger partial charge < -0.3 is 25.3 Å². The molecule has 9 nitrogen and oxygen atoms in total. The number of ketones is 3. The Labute approximate surface area is 239 Å². The number of hydrogen-bond donors (Lipinski definition) is 4. The van der Waals surface area contributed by atoms with Gasteiger partial charge in [0.1, 0.15) is 22.8 Å². The number of fused-ring (bicyclic) bond motifs is 3. The molecule has 0 heterocycles. The van der Waals surface area contributed by atoms with Crippen LogP contribution in [0.4, 0.5) is 5.69 Å². The Bertz CT molecular complexity index is 1530. The number of nitrogens with zero attached hydrogens (tertiary/aromatic N) is 2. The number of phenolic OH excluding ortho intramolecular Hbond substituents is 1. The summed E-state index contributed by atoms with van der Waals surface area (Å²) in [5, 5.41) is 45.9. The zero-order valence-electron chi connectivity index (χ0n) is 24.0. The Hall–Kier alpha value is -3.87. The largest absolute Gasteiger partial charge is 0.508 e. The lowest BCUT2D eigenvalue weighted by molar-refractivity contribution is -0.153. The predicted molar refractivity (Wildman–Crippen MR) is 153 cm³/mol. The summed E-state index contributed by atoms with van der Waals surface area (Å²) in [6, 6.07) is 0.724. The molecule has 0 amide bonds. The molecule has 1 aromatic rings. The fraction of sp³-hybridized carbons (Fsp3) is 0.469. The molecule has 0 spiro atoms. The molecule has 216 valence electrons. The molecular weight excluding hydrogens is 524 g/mol. The van der Waals surface area contributed by atoms with Crippen molar-refractivity contribution in [3.05, 3.63) is 51.3 Å². The van der Waals surface area contributed by atoms with Crippen molar-refractivity contribution in [3.63, 3.8) is 0 Å². The molecule has 4 atom stereocenters. The van der Waals surface area contributed by atoms with E-state index in [9.17, 15) is 34.8 Å². The van der Waals surface area contributed by atoms with Crippen molar-refractivity contribution in [2.45, 2.75) is 57.1 Å². The summed E-state index contributed by atoms with van der Waals surface area (Å²) < 4.78 is 0. The van der Waals surface area contributed by atoms with Crippen LogP contribution in [0.15, 0.2) is 34.6 Å². The number of aromatic hydroxyl groups is 1. The van der Waals surface area contributed by atoms with Crippen LogP contribution in [0, 0.1) is 23.7 Å². The highest BCUT2D eigenvalue weighted by Gasteiger charge is 2.64. The van der Waals surface area contributed by atoms with Gasteiger partial charge in [-0.05, 0) is 82.7 Å². The second kappa shape index (κ2) is 10.2. The second-order valence-corrected chi connectivity index (χ2v) is 11.9. The van der Waals surface area contributed by atoms with Gasteiger partial charge in [-0.2, -0.15) is 0 Å². The van der Waals surface area contributed by atoms with Gasteiger partial charge in [-0.25, -0.2) is 0 Å². The summed E-state index contributed by atoms with van der Waals surface area (Å²) in [6.45, 7) is 1.09. The summed E-state index contributed by atoms with van der Waals surface area (Å²) in [6.07, 6.45) is 6.39. The number of carbonyl (C=O) groups excluding carboxylic acids is 3. The summed E-state index contributed by atoms with van der Waals surface area (Å²) in [5.41, 5.74) is -0.671. The molecule has 4 aliphatic rings. The molecule has 0 saturated heterocycles. The minimum atomic E-state index is -2.59. The molecule has 0 radical (unpaired) electrons. The number of anilines is 1. The van der Waals surface area contributed by atoms with E-state index in [-0.39, 0.29) is 29.7 Å². The molecule has 2 unspecified atom stereocenters. The third-order valence-corrected chi connectivity index (χ3v) is 8.93. The van der Waals surface area contributed by atoms with Gasteiger partial charge in [0, 0.05) is 31.3 Å². The van der Waals surface area contributed by atoms with Gasteiger partial charge >= 0.3 is 0 Å². The average Bonchev–Trinajstić information content (AvgIpc) is 2.90. The van der Waals surface area contributed by atoms with Crippen molar-refractivity contribution in [1.29, 1.82) is 0 Å². The Kier molecular flexibility index (Phi) is 7.13. The van der Waals surface area contributed by atoms with Gasteiger partial charge in [-0.1, -0.05) is 17.9 Å². The summed E-state index contributed by atoms with van der Waals surface area (Å²) in [7, 11) is 6.90. The lowest BCUT2D eigenvalue weighted by Gasteiger charge is -2.50. The van der Waals surface area contributed by atoms with Gasteiger partial charge in [-0.15, -0.1) is 0 Å². The Morgan fingerprint density at radius 2 is 1.78 bits per heavy atom. The van der Waals surface area contributed by atoms with Crippen LogP contribution in [0.5, 0.6) is 5.75 Å². The maximum absolute atomic E-state index is 14.1. The predicted octanol–water partition coefficient (Wildman–Crippen LogP) is 2.99. The van der Waals surface area contributed by atoms with E-state index < -0.39 is 57.9 Å². The minimum Gasteiger partial charge on any atom is -0.508 e. The number of aliphatic hydroxyl groups is 3.